The number of carbonyl (C=O) groups excluding carboxylic acids is 1. The smallest absolute Gasteiger partial charge is 0.197 e. The maximum absolute atomic E-state index is 14.1. The summed E-state index contributed by atoms with van der Waals surface area (Å²) < 4.78 is 19.9. The van der Waals surface area contributed by atoms with Crippen LogP contribution in [0.5, 0.6) is 0 Å². The van der Waals surface area contributed by atoms with Crippen molar-refractivity contribution in [1.29, 1.82) is 0 Å². The number of ether oxygens (including phenoxy) is 1. The lowest BCUT2D eigenvalue weighted by molar-refractivity contribution is -0.0582. The average molecular weight is 292 g/mol. The van der Waals surface area contributed by atoms with E-state index in [0.717, 1.165) is 18.4 Å². The first-order valence-electron chi connectivity index (χ1n) is 7.75. The van der Waals surface area contributed by atoms with Crippen LogP contribution in [-0.2, 0) is 4.74 Å². The summed E-state index contributed by atoms with van der Waals surface area (Å²) in [4.78, 5) is 12.9. The number of carbonyl (C=O) groups is 1. The van der Waals surface area contributed by atoms with Crippen LogP contribution in [0, 0.1) is 18.2 Å². The molecule has 1 aliphatic rings. The van der Waals surface area contributed by atoms with Gasteiger partial charge >= 0.3 is 0 Å². The van der Waals surface area contributed by atoms with E-state index in [1.165, 1.54) is 6.07 Å². The molecule has 3 heteroatoms. The van der Waals surface area contributed by atoms with Crippen LogP contribution in [0.2, 0.25) is 0 Å². The first-order chi connectivity index (χ1) is 9.80. The maximum Gasteiger partial charge on any atom is 0.197 e. The fourth-order valence-electron chi connectivity index (χ4n) is 3.10. The number of halogens is 1. The predicted molar refractivity (Wildman–Crippen MR) is 82.1 cm³/mol. The van der Waals surface area contributed by atoms with Gasteiger partial charge in [0.25, 0.3) is 0 Å². The maximum atomic E-state index is 14.1. The molecule has 0 atom stereocenters. The molecule has 1 saturated carbocycles. The lowest BCUT2D eigenvalue weighted by Gasteiger charge is -2.42. The topological polar surface area (TPSA) is 26.3 Å². The molecule has 1 aromatic rings. The van der Waals surface area contributed by atoms with Crippen LogP contribution in [0.3, 0.4) is 0 Å². The van der Waals surface area contributed by atoms with Crippen LogP contribution in [0.15, 0.2) is 18.2 Å². The summed E-state index contributed by atoms with van der Waals surface area (Å²) in [6, 6.07) is 4.69. The van der Waals surface area contributed by atoms with Gasteiger partial charge in [-0.2, -0.15) is 0 Å². The zero-order chi connectivity index (χ0) is 15.7. The van der Waals surface area contributed by atoms with Gasteiger partial charge < -0.3 is 4.74 Å². The van der Waals surface area contributed by atoms with Crippen LogP contribution in [0.1, 0.15) is 62.4 Å². The zero-order valence-electron chi connectivity index (χ0n) is 13.5. The van der Waals surface area contributed by atoms with Gasteiger partial charge in [0.1, 0.15) is 11.4 Å². The van der Waals surface area contributed by atoms with Gasteiger partial charge in [-0.25, -0.2) is 4.39 Å². The van der Waals surface area contributed by atoms with Crippen LogP contribution in [0.4, 0.5) is 4.39 Å². The molecule has 1 aromatic carbocycles. The summed E-state index contributed by atoms with van der Waals surface area (Å²) in [6.45, 7) is 8.65. The average Bonchev–Trinajstić information content (AvgIpc) is 2.44. The fraction of sp³-hybridized carbons (Fsp3) is 0.611. The number of Topliss-reactive ketones (excluding diaryl/α,β-unsaturated/α-hetero) is 1. The Morgan fingerprint density at radius 3 is 2.43 bits per heavy atom. The highest BCUT2D eigenvalue weighted by molar-refractivity contribution is 6.03. The number of benzene rings is 1. The molecule has 0 radical (unpaired) electrons. The third-order valence-electron chi connectivity index (χ3n) is 4.61. The summed E-state index contributed by atoms with van der Waals surface area (Å²) >= 11 is 0. The molecule has 0 aromatic heterocycles. The Hall–Kier alpha value is -1.22. The second-order valence-corrected chi connectivity index (χ2v) is 6.90. The normalized spacial score (nSPS) is 20.2. The molecule has 1 aliphatic carbocycles. The van der Waals surface area contributed by atoms with Crippen molar-refractivity contribution < 1.29 is 13.9 Å². The second-order valence-electron chi connectivity index (χ2n) is 6.90. The lowest BCUT2D eigenvalue weighted by atomic mass is 9.68. The molecule has 1 fully saturated rings. The minimum Gasteiger partial charge on any atom is -0.367 e. The Labute approximate surface area is 126 Å². The molecular formula is C18H25FO2. The van der Waals surface area contributed by atoms with Gasteiger partial charge in [0.15, 0.2) is 5.78 Å². The van der Waals surface area contributed by atoms with Crippen LogP contribution < -0.4 is 0 Å². The van der Waals surface area contributed by atoms with Gasteiger partial charge in [0.05, 0.1) is 5.56 Å². The van der Waals surface area contributed by atoms with Crippen molar-refractivity contribution in [2.75, 3.05) is 6.61 Å². The summed E-state index contributed by atoms with van der Waals surface area (Å²) in [5.41, 5.74) is 0.441. The molecule has 0 amide bonds. The highest BCUT2D eigenvalue weighted by Crippen LogP contribution is 2.43. The molecular weight excluding hydrogens is 267 g/mol. The Kier molecular flexibility index (Phi) is 4.52. The molecule has 0 N–H and O–H groups in total. The molecule has 21 heavy (non-hydrogen) atoms. The third-order valence-corrected chi connectivity index (χ3v) is 4.61. The summed E-state index contributed by atoms with van der Waals surface area (Å²) in [5.74, 6) is -0.643. The Morgan fingerprint density at radius 1 is 1.24 bits per heavy atom. The van der Waals surface area contributed by atoms with Crippen LogP contribution in [-0.4, -0.2) is 18.0 Å². The number of hydrogen-bond acceptors (Lipinski definition) is 2. The highest BCUT2D eigenvalue weighted by atomic mass is 19.1. The standard InChI is InChI=1S/C18H25FO2/c1-5-21-18(10-8-17(3,4)9-11-18)16(20)14-12-13(2)6-7-15(14)19/h6-7,12H,5,8-11H2,1-4H3. The summed E-state index contributed by atoms with van der Waals surface area (Å²) in [6.07, 6.45) is 3.18. The molecule has 0 spiro atoms. The quantitative estimate of drug-likeness (QED) is 0.752. The molecule has 0 heterocycles. The minimum atomic E-state index is -0.848. The first kappa shape index (κ1) is 16.2. The number of ketones is 1. The van der Waals surface area contributed by atoms with Crippen molar-refractivity contribution in [1.82, 2.24) is 0 Å². The molecule has 0 saturated heterocycles. The first-order valence-corrected chi connectivity index (χ1v) is 7.75. The Balaban J connectivity index is 2.34. The van der Waals surface area contributed by atoms with Crippen LogP contribution >= 0.6 is 0 Å². The van der Waals surface area contributed by atoms with Crippen LogP contribution in [0.25, 0.3) is 0 Å². The fourth-order valence-corrected chi connectivity index (χ4v) is 3.10. The Morgan fingerprint density at radius 2 is 1.86 bits per heavy atom. The van der Waals surface area contributed by atoms with E-state index in [1.807, 2.05) is 13.8 Å². The number of hydrogen-bond donors (Lipinski definition) is 0. The molecule has 2 nitrogen and oxygen atoms in total. The van der Waals surface area contributed by atoms with E-state index in [4.69, 9.17) is 4.74 Å². The van der Waals surface area contributed by atoms with Gasteiger partial charge in [-0.3, -0.25) is 4.79 Å². The minimum absolute atomic E-state index is 0.170. The number of aryl methyl sites for hydroxylation is 1. The van der Waals surface area contributed by atoms with Gasteiger partial charge in [-0.05, 0) is 57.1 Å². The molecule has 2 rings (SSSR count). The van der Waals surface area contributed by atoms with E-state index in [1.54, 1.807) is 12.1 Å². The van der Waals surface area contributed by atoms with E-state index in [2.05, 4.69) is 13.8 Å². The van der Waals surface area contributed by atoms with E-state index in [-0.39, 0.29) is 16.8 Å². The molecule has 0 bridgehead atoms. The number of rotatable bonds is 4. The lowest BCUT2D eigenvalue weighted by Crippen LogP contribution is -2.46. The Bertz CT molecular complexity index is 524. The SMILES string of the molecule is CCOC1(C(=O)c2cc(C)ccc2F)CCC(C)(C)CC1. The van der Waals surface area contributed by atoms with Gasteiger partial charge in [0, 0.05) is 6.61 Å². The summed E-state index contributed by atoms with van der Waals surface area (Å²) in [5, 5.41) is 0. The van der Waals surface area contributed by atoms with Crippen molar-refractivity contribution in [3.05, 3.63) is 35.1 Å². The molecule has 116 valence electrons. The van der Waals surface area contributed by atoms with Gasteiger partial charge in [-0.15, -0.1) is 0 Å². The largest absolute Gasteiger partial charge is 0.367 e. The van der Waals surface area contributed by atoms with Gasteiger partial charge in [-0.1, -0.05) is 25.5 Å². The van der Waals surface area contributed by atoms with Crippen molar-refractivity contribution in [3.63, 3.8) is 0 Å². The monoisotopic (exact) mass is 292 g/mol. The van der Waals surface area contributed by atoms with E-state index in [9.17, 15) is 9.18 Å². The summed E-state index contributed by atoms with van der Waals surface area (Å²) in [7, 11) is 0. The van der Waals surface area contributed by atoms with E-state index < -0.39 is 11.4 Å². The highest BCUT2D eigenvalue weighted by Gasteiger charge is 2.45. The van der Waals surface area contributed by atoms with Crippen molar-refractivity contribution in [3.8, 4) is 0 Å². The van der Waals surface area contributed by atoms with E-state index in [0.29, 0.717) is 19.4 Å². The predicted octanol–water partition coefficient (Wildman–Crippen LogP) is 4.69. The van der Waals surface area contributed by atoms with E-state index >= 15 is 0 Å². The van der Waals surface area contributed by atoms with Crippen molar-refractivity contribution >= 4 is 5.78 Å². The van der Waals surface area contributed by atoms with Crippen molar-refractivity contribution in [2.45, 2.75) is 59.0 Å². The van der Waals surface area contributed by atoms with Gasteiger partial charge in [0.2, 0.25) is 0 Å². The zero-order valence-corrected chi connectivity index (χ0v) is 13.5. The third kappa shape index (κ3) is 3.34. The second kappa shape index (κ2) is 5.88. The molecule has 0 aliphatic heterocycles. The molecule has 0 unspecified atom stereocenters. The van der Waals surface area contributed by atoms with Crippen molar-refractivity contribution in [2.24, 2.45) is 5.41 Å².